The lowest BCUT2D eigenvalue weighted by molar-refractivity contribution is -0.137. The van der Waals surface area contributed by atoms with Gasteiger partial charge in [0.2, 0.25) is 11.8 Å². The van der Waals surface area contributed by atoms with Crippen LogP contribution in [0, 0.1) is 17.8 Å². The molecule has 0 aromatic heterocycles. The molecule has 2 saturated heterocycles. The summed E-state index contributed by atoms with van der Waals surface area (Å²) in [6.45, 7) is 2.73. The van der Waals surface area contributed by atoms with E-state index in [1.165, 1.54) is 11.6 Å². The second-order valence-corrected chi connectivity index (χ2v) is 9.55. The molecule has 8 nitrogen and oxygen atoms in total. The van der Waals surface area contributed by atoms with Gasteiger partial charge in [-0.3, -0.25) is 9.59 Å². The second-order valence-electron chi connectivity index (χ2n) is 9.14. The van der Waals surface area contributed by atoms with Gasteiger partial charge < -0.3 is 19.3 Å². The molecule has 3 amide bonds. The van der Waals surface area contributed by atoms with Crippen molar-refractivity contribution in [1.82, 2.24) is 4.90 Å². The topological polar surface area (TPSA) is 102 Å². The summed E-state index contributed by atoms with van der Waals surface area (Å²) in [5, 5.41) is 10.1. The standard InChI is InChI=1S/C26H30ClNO7/c1-4-14(9-15-6-7-17(29)11-20(15)27)5-8-21-22-16(12-33-2)10-18-23(19(22)13-35-21)25(31)28(24(18)30)26(32)34-3/h6-7,9,11,18-19,21,23,29H,4-5,8,10,12-13H2,1-3H3/b14-9+/t18-,19+,21-,23-/m1/s1. The molecule has 0 unspecified atom stereocenters. The number of nitrogens with zero attached hydrogens (tertiary/aromatic N) is 1. The number of ether oxygens (including phenoxy) is 3. The van der Waals surface area contributed by atoms with Crippen LogP contribution in [0.4, 0.5) is 4.79 Å². The molecule has 1 aliphatic carbocycles. The Morgan fingerprint density at radius 2 is 2.03 bits per heavy atom. The Hall–Kier alpha value is -2.68. The van der Waals surface area contributed by atoms with E-state index in [-0.39, 0.29) is 17.8 Å². The minimum absolute atomic E-state index is 0.120. The van der Waals surface area contributed by atoms with Crippen LogP contribution in [0.15, 0.2) is 34.9 Å². The van der Waals surface area contributed by atoms with Crippen LogP contribution >= 0.6 is 11.6 Å². The first-order valence-electron chi connectivity index (χ1n) is 11.8. The molecule has 1 N–H and O–H groups in total. The van der Waals surface area contributed by atoms with Crippen molar-refractivity contribution in [3.05, 3.63) is 45.5 Å². The third kappa shape index (κ3) is 4.75. The van der Waals surface area contributed by atoms with Crippen LogP contribution in [-0.4, -0.2) is 61.5 Å². The van der Waals surface area contributed by atoms with Crippen molar-refractivity contribution in [2.45, 2.75) is 38.7 Å². The number of rotatable bonds is 7. The third-order valence-electron chi connectivity index (χ3n) is 7.21. The maximum absolute atomic E-state index is 13.1. The molecule has 2 heterocycles. The lowest BCUT2D eigenvalue weighted by atomic mass is 9.69. The van der Waals surface area contributed by atoms with Gasteiger partial charge in [0.05, 0.1) is 43.3 Å². The van der Waals surface area contributed by atoms with Crippen LogP contribution in [0.5, 0.6) is 5.75 Å². The first-order valence-corrected chi connectivity index (χ1v) is 12.1. The van der Waals surface area contributed by atoms with Crippen molar-refractivity contribution in [1.29, 1.82) is 0 Å². The first kappa shape index (κ1) is 25.4. The minimum Gasteiger partial charge on any atom is -0.508 e. The maximum atomic E-state index is 13.1. The molecule has 188 valence electrons. The number of amides is 3. The molecule has 0 radical (unpaired) electrons. The molecule has 0 spiro atoms. The number of aromatic hydroxyl groups is 1. The molecule has 2 fully saturated rings. The number of methoxy groups -OCH3 is 2. The van der Waals surface area contributed by atoms with Crippen LogP contribution in [0.25, 0.3) is 6.08 Å². The summed E-state index contributed by atoms with van der Waals surface area (Å²) in [5.41, 5.74) is 4.01. The SMILES string of the molecule is CC/C(=C\c1ccc(O)cc1Cl)CC[C@H]1OC[C@H]2C1=C(COC)C[C@H]1C(=O)N(C(=O)OC)C(=O)[C@H]12. The lowest BCUT2D eigenvalue weighted by Crippen LogP contribution is -2.38. The van der Waals surface area contributed by atoms with Gasteiger partial charge in [0, 0.05) is 13.0 Å². The molecule has 0 saturated carbocycles. The maximum Gasteiger partial charge on any atom is 0.423 e. The fourth-order valence-corrected chi connectivity index (χ4v) is 5.80. The Morgan fingerprint density at radius 3 is 2.69 bits per heavy atom. The number of phenols is 1. The predicted octanol–water partition coefficient (Wildman–Crippen LogP) is 4.35. The molecule has 3 aliphatic rings. The number of allylic oxidation sites excluding steroid dienone is 1. The molecule has 35 heavy (non-hydrogen) atoms. The number of hydrogen-bond donors (Lipinski definition) is 1. The van der Waals surface area contributed by atoms with Gasteiger partial charge in [-0.1, -0.05) is 30.2 Å². The summed E-state index contributed by atoms with van der Waals surface area (Å²) >= 11 is 6.28. The highest BCUT2D eigenvalue weighted by molar-refractivity contribution is 6.32. The molecule has 2 aliphatic heterocycles. The molecule has 4 atom stereocenters. The second kappa shape index (κ2) is 10.5. The zero-order valence-electron chi connectivity index (χ0n) is 20.1. The van der Waals surface area contributed by atoms with E-state index in [0.29, 0.717) is 36.0 Å². The summed E-state index contributed by atoms with van der Waals surface area (Å²) in [4.78, 5) is 38.8. The number of hydrogen-bond acceptors (Lipinski definition) is 7. The van der Waals surface area contributed by atoms with Crippen LogP contribution < -0.4 is 0 Å². The zero-order valence-corrected chi connectivity index (χ0v) is 20.8. The number of phenolic OH excluding ortho intramolecular Hbond substituents is 1. The molecular formula is C26H30ClNO7. The molecular weight excluding hydrogens is 474 g/mol. The van der Waals surface area contributed by atoms with E-state index in [1.807, 2.05) is 6.08 Å². The Morgan fingerprint density at radius 1 is 1.26 bits per heavy atom. The van der Waals surface area contributed by atoms with Crippen LogP contribution in [-0.2, 0) is 23.8 Å². The van der Waals surface area contributed by atoms with Gasteiger partial charge in [-0.2, -0.15) is 4.90 Å². The molecule has 0 bridgehead atoms. The van der Waals surface area contributed by atoms with Gasteiger partial charge in [0.1, 0.15) is 5.75 Å². The number of imide groups is 3. The average Bonchev–Trinajstić information content (AvgIpc) is 3.36. The van der Waals surface area contributed by atoms with Crippen molar-refractivity contribution >= 4 is 35.6 Å². The summed E-state index contributed by atoms with van der Waals surface area (Å²) in [5.74, 6) is -2.40. The smallest absolute Gasteiger partial charge is 0.423 e. The monoisotopic (exact) mass is 503 g/mol. The number of carbonyl (C=O) groups excluding carboxylic acids is 3. The largest absolute Gasteiger partial charge is 0.508 e. The highest BCUT2D eigenvalue weighted by atomic mass is 35.5. The third-order valence-corrected chi connectivity index (χ3v) is 7.54. The van der Waals surface area contributed by atoms with Crippen molar-refractivity contribution < 1.29 is 33.7 Å². The normalized spacial score (nSPS) is 26.3. The van der Waals surface area contributed by atoms with Crippen LogP contribution in [0.2, 0.25) is 5.02 Å². The van der Waals surface area contributed by atoms with Crippen LogP contribution in [0.1, 0.15) is 38.2 Å². The quantitative estimate of drug-likeness (QED) is 0.436. The van der Waals surface area contributed by atoms with Gasteiger partial charge >= 0.3 is 6.09 Å². The molecule has 4 rings (SSSR count). The van der Waals surface area contributed by atoms with E-state index in [2.05, 4.69) is 11.7 Å². The first-order chi connectivity index (χ1) is 16.8. The zero-order chi connectivity index (χ0) is 25.3. The Balaban J connectivity index is 1.56. The van der Waals surface area contributed by atoms with Gasteiger partial charge in [0.25, 0.3) is 0 Å². The van der Waals surface area contributed by atoms with Crippen molar-refractivity contribution in [2.75, 3.05) is 27.4 Å². The minimum atomic E-state index is -0.940. The number of likely N-dealkylation sites (tertiary alicyclic amines) is 1. The van der Waals surface area contributed by atoms with E-state index < -0.39 is 29.7 Å². The summed E-state index contributed by atoms with van der Waals surface area (Å²) < 4.78 is 16.3. The Bertz CT molecular complexity index is 1100. The number of carbonyl (C=O) groups is 3. The van der Waals surface area contributed by atoms with Crippen molar-refractivity contribution in [3.8, 4) is 5.75 Å². The predicted molar refractivity (Wildman–Crippen MR) is 129 cm³/mol. The van der Waals surface area contributed by atoms with Gasteiger partial charge in [-0.15, -0.1) is 0 Å². The molecule has 1 aromatic rings. The van der Waals surface area contributed by atoms with Gasteiger partial charge in [-0.05, 0) is 60.6 Å². The van der Waals surface area contributed by atoms with Gasteiger partial charge in [0.15, 0.2) is 0 Å². The Kier molecular flexibility index (Phi) is 7.64. The number of benzene rings is 1. The fraction of sp³-hybridized carbons (Fsp3) is 0.500. The highest BCUT2D eigenvalue weighted by Crippen LogP contribution is 2.50. The molecule has 1 aromatic carbocycles. The summed E-state index contributed by atoms with van der Waals surface area (Å²) in [7, 11) is 2.75. The average molecular weight is 504 g/mol. The van der Waals surface area contributed by atoms with Gasteiger partial charge in [-0.25, -0.2) is 4.79 Å². The van der Waals surface area contributed by atoms with E-state index in [1.54, 1.807) is 19.2 Å². The fourth-order valence-electron chi connectivity index (χ4n) is 5.57. The van der Waals surface area contributed by atoms with E-state index >= 15 is 0 Å². The number of fused-ring (bicyclic) bond motifs is 3. The molecule has 9 heteroatoms. The summed E-state index contributed by atoms with van der Waals surface area (Å²) in [6.07, 6.45) is 3.53. The lowest BCUT2D eigenvalue weighted by Gasteiger charge is -2.31. The van der Waals surface area contributed by atoms with E-state index in [9.17, 15) is 19.5 Å². The Labute approximate surface area is 209 Å². The van der Waals surface area contributed by atoms with Crippen LogP contribution in [0.3, 0.4) is 0 Å². The highest BCUT2D eigenvalue weighted by Gasteiger charge is 2.58. The number of halogens is 1. The van der Waals surface area contributed by atoms with E-state index in [0.717, 1.165) is 36.7 Å². The van der Waals surface area contributed by atoms with Crippen molar-refractivity contribution in [2.24, 2.45) is 17.8 Å². The van der Waals surface area contributed by atoms with E-state index in [4.69, 9.17) is 21.1 Å². The van der Waals surface area contributed by atoms with Crippen molar-refractivity contribution in [3.63, 3.8) is 0 Å². The summed E-state index contributed by atoms with van der Waals surface area (Å²) in [6, 6.07) is 4.91.